The van der Waals surface area contributed by atoms with E-state index in [1.54, 1.807) is 13.3 Å². The van der Waals surface area contributed by atoms with Gasteiger partial charge in [-0.3, -0.25) is 9.78 Å². The molecule has 0 radical (unpaired) electrons. The number of amides is 1. The van der Waals surface area contributed by atoms with Crippen LogP contribution in [0.25, 0.3) is 0 Å². The Morgan fingerprint density at radius 1 is 1.27 bits per heavy atom. The summed E-state index contributed by atoms with van der Waals surface area (Å²) in [5.41, 5.74) is 6.50. The van der Waals surface area contributed by atoms with Crippen LogP contribution < -0.4 is 4.74 Å². The molecule has 0 N–H and O–H groups in total. The molecule has 2 atom stereocenters. The van der Waals surface area contributed by atoms with Gasteiger partial charge in [-0.2, -0.15) is 0 Å². The minimum absolute atomic E-state index is 0.0874. The first-order chi connectivity index (χ1) is 14.3. The third kappa shape index (κ3) is 5.12. The lowest BCUT2D eigenvalue weighted by molar-refractivity contribution is -0.130. The molecule has 5 heteroatoms. The van der Waals surface area contributed by atoms with Crippen molar-refractivity contribution >= 4 is 14.0 Å². The normalized spacial score (nSPS) is 18.2. The number of fused-ring (bicyclic) bond motifs is 1. The lowest BCUT2D eigenvalue weighted by Gasteiger charge is -2.42. The largest absolute Gasteiger partial charge is 0.497 e. The summed E-state index contributed by atoms with van der Waals surface area (Å²) in [4.78, 5) is 20.1. The molecule has 0 saturated heterocycles. The molecule has 0 fully saturated rings. The van der Waals surface area contributed by atoms with E-state index in [4.69, 9.17) is 4.74 Å². The Balaban J connectivity index is 2.14. The first kappa shape index (κ1) is 22.1. The van der Waals surface area contributed by atoms with Crippen LogP contribution in [-0.2, 0) is 11.2 Å². The summed E-state index contributed by atoms with van der Waals surface area (Å²) in [7, 11) is 0.0345. The van der Waals surface area contributed by atoms with E-state index in [0.29, 0.717) is 0 Å². The Hall–Kier alpha value is -2.58. The van der Waals surface area contributed by atoms with Gasteiger partial charge in [0.05, 0.1) is 12.8 Å². The summed E-state index contributed by atoms with van der Waals surface area (Å²) >= 11 is 0. The maximum Gasteiger partial charge on any atom is 0.298 e. The van der Waals surface area contributed by atoms with Crippen LogP contribution >= 0.6 is 0 Å². The first-order valence-corrected chi connectivity index (χ1v) is 14.3. The van der Waals surface area contributed by atoms with Crippen molar-refractivity contribution in [1.82, 2.24) is 9.88 Å². The molecule has 2 aromatic rings. The molecule has 0 unspecified atom stereocenters. The number of ether oxygens (including phenoxy) is 1. The summed E-state index contributed by atoms with van der Waals surface area (Å²) in [5, 5.41) is 0. The van der Waals surface area contributed by atoms with Gasteiger partial charge in [-0.1, -0.05) is 51.5 Å². The summed E-state index contributed by atoms with van der Waals surface area (Å²) < 4.78 is 5.47. The number of rotatable bonds is 5. The van der Waals surface area contributed by atoms with Crippen LogP contribution in [0.3, 0.4) is 0 Å². The predicted molar refractivity (Wildman–Crippen MR) is 124 cm³/mol. The maximum atomic E-state index is 13.5. The van der Waals surface area contributed by atoms with Crippen molar-refractivity contribution < 1.29 is 9.53 Å². The highest BCUT2D eigenvalue weighted by molar-refractivity contribution is 6.84. The van der Waals surface area contributed by atoms with E-state index in [0.717, 1.165) is 42.7 Å². The van der Waals surface area contributed by atoms with Crippen LogP contribution in [0, 0.1) is 11.5 Å². The number of nitrogens with zero attached hydrogens (tertiary/aromatic N) is 2. The number of aromatic nitrogens is 1. The van der Waals surface area contributed by atoms with E-state index in [-0.39, 0.29) is 18.0 Å². The van der Waals surface area contributed by atoms with Crippen molar-refractivity contribution in [2.24, 2.45) is 0 Å². The highest BCUT2D eigenvalue weighted by Gasteiger charge is 2.38. The Morgan fingerprint density at radius 2 is 2.07 bits per heavy atom. The van der Waals surface area contributed by atoms with E-state index in [2.05, 4.69) is 55.1 Å². The van der Waals surface area contributed by atoms with Crippen LogP contribution in [0.15, 0.2) is 42.6 Å². The van der Waals surface area contributed by atoms with Gasteiger partial charge in [0, 0.05) is 12.2 Å². The zero-order valence-electron chi connectivity index (χ0n) is 18.7. The molecule has 158 valence electrons. The van der Waals surface area contributed by atoms with Gasteiger partial charge in [0.2, 0.25) is 0 Å². The van der Waals surface area contributed by atoms with Gasteiger partial charge in [0.15, 0.2) is 0 Å². The molecule has 0 aliphatic carbocycles. The van der Waals surface area contributed by atoms with Gasteiger partial charge in [-0.15, -0.1) is 5.54 Å². The number of benzene rings is 1. The molecule has 30 heavy (non-hydrogen) atoms. The molecule has 1 aliphatic heterocycles. The molecular weight excluding hydrogens is 388 g/mol. The summed E-state index contributed by atoms with van der Waals surface area (Å²) in [6.07, 6.45) is 5.74. The second kappa shape index (κ2) is 9.49. The van der Waals surface area contributed by atoms with Gasteiger partial charge in [-0.05, 0) is 54.2 Å². The molecule has 2 heterocycles. The molecule has 1 aromatic carbocycles. The van der Waals surface area contributed by atoms with Crippen LogP contribution in [0.5, 0.6) is 5.75 Å². The third-order valence-corrected chi connectivity index (χ3v) is 6.28. The molecule has 1 amide bonds. The van der Waals surface area contributed by atoms with Crippen LogP contribution in [0.4, 0.5) is 0 Å². The summed E-state index contributed by atoms with van der Waals surface area (Å²) in [6.45, 7) is 8.68. The SMILES string of the molecule is CCCC[C@H]1Cc2cc(OC)ccc2[C@H](c2ccccn2)N1C(=O)C#C[Si](C)(C)C. The molecule has 1 aliphatic rings. The molecule has 4 nitrogen and oxygen atoms in total. The number of carbonyl (C=O) groups is 1. The minimum Gasteiger partial charge on any atom is -0.497 e. The van der Waals surface area contributed by atoms with E-state index in [9.17, 15) is 4.79 Å². The average Bonchev–Trinajstić information content (AvgIpc) is 2.74. The number of hydrogen-bond acceptors (Lipinski definition) is 3. The first-order valence-electron chi connectivity index (χ1n) is 10.8. The van der Waals surface area contributed by atoms with Crippen LogP contribution in [-0.4, -0.2) is 37.0 Å². The topological polar surface area (TPSA) is 42.4 Å². The zero-order chi connectivity index (χ0) is 21.7. The average molecular weight is 421 g/mol. The van der Waals surface area contributed by atoms with Gasteiger partial charge < -0.3 is 9.64 Å². The zero-order valence-corrected chi connectivity index (χ0v) is 19.7. The standard InChI is InChI=1S/C25H32N2O2Si/c1-6-7-10-20-17-19-18-21(29-2)12-13-22(19)25(23-11-8-9-15-26-23)27(20)24(28)14-16-30(3,4)5/h8-9,11-13,15,18,20,25H,6-7,10,17H2,1-5H3/t20-,25+/m0/s1. The fourth-order valence-corrected chi connectivity index (χ4v) is 4.46. The van der Waals surface area contributed by atoms with Crippen molar-refractivity contribution in [1.29, 1.82) is 0 Å². The highest BCUT2D eigenvalue weighted by atomic mass is 28.3. The predicted octanol–water partition coefficient (Wildman–Crippen LogP) is 5.00. The van der Waals surface area contributed by atoms with Gasteiger partial charge in [0.25, 0.3) is 5.91 Å². The number of pyridine rings is 1. The lowest BCUT2D eigenvalue weighted by atomic mass is 9.84. The second-order valence-electron chi connectivity index (χ2n) is 8.93. The van der Waals surface area contributed by atoms with Crippen molar-refractivity contribution in [3.63, 3.8) is 0 Å². The Kier molecular flexibility index (Phi) is 6.99. The van der Waals surface area contributed by atoms with Gasteiger partial charge >= 0.3 is 0 Å². The molecular formula is C25H32N2O2Si. The van der Waals surface area contributed by atoms with E-state index in [1.165, 1.54) is 5.56 Å². The highest BCUT2D eigenvalue weighted by Crippen LogP contribution is 2.39. The van der Waals surface area contributed by atoms with Crippen LogP contribution in [0.1, 0.15) is 49.0 Å². The minimum atomic E-state index is -1.66. The summed E-state index contributed by atoms with van der Waals surface area (Å²) in [6, 6.07) is 11.9. The quantitative estimate of drug-likeness (QED) is 0.505. The smallest absolute Gasteiger partial charge is 0.298 e. The lowest BCUT2D eigenvalue weighted by Crippen LogP contribution is -2.47. The Labute approximate surface area is 181 Å². The van der Waals surface area contributed by atoms with Crippen LogP contribution in [0.2, 0.25) is 19.6 Å². The summed E-state index contributed by atoms with van der Waals surface area (Å²) in [5.74, 6) is 3.76. The third-order valence-electron chi connectivity index (χ3n) is 5.41. The second-order valence-corrected chi connectivity index (χ2v) is 13.7. The van der Waals surface area contributed by atoms with Crippen molar-refractivity contribution in [2.45, 2.75) is 64.3 Å². The monoisotopic (exact) mass is 420 g/mol. The molecule has 3 rings (SSSR count). The molecule has 0 saturated carbocycles. The number of hydrogen-bond donors (Lipinski definition) is 0. The fourth-order valence-electron chi connectivity index (χ4n) is 3.97. The van der Waals surface area contributed by atoms with E-state index in [1.807, 2.05) is 29.2 Å². The molecule has 0 spiro atoms. The number of unbranched alkanes of at least 4 members (excludes halogenated alkanes) is 1. The van der Waals surface area contributed by atoms with E-state index >= 15 is 0 Å². The van der Waals surface area contributed by atoms with Crippen molar-refractivity contribution in [3.05, 3.63) is 59.4 Å². The Morgan fingerprint density at radius 3 is 2.70 bits per heavy atom. The van der Waals surface area contributed by atoms with Gasteiger partial charge in [0.1, 0.15) is 19.9 Å². The van der Waals surface area contributed by atoms with Crippen molar-refractivity contribution in [2.75, 3.05) is 7.11 Å². The maximum absolute atomic E-state index is 13.5. The molecule has 1 aromatic heterocycles. The number of carbonyl (C=O) groups excluding carboxylic acids is 1. The van der Waals surface area contributed by atoms with Crippen molar-refractivity contribution in [3.8, 4) is 17.2 Å². The molecule has 0 bridgehead atoms. The van der Waals surface area contributed by atoms with Gasteiger partial charge in [-0.25, -0.2) is 0 Å². The van der Waals surface area contributed by atoms with E-state index < -0.39 is 8.07 Å². The number of methoxy groups -OCH3 is 1. The Bertz CT molecular complexity index is 941. The fraction of sp³-hybridized carbons (Fsp3) is 0.440.